The highest BCUT2D eigenvalue weighted by molar-refractivity contribution is 5.98. The number of ketones is 1. The van der Waals surface area contributed by atoms with E-state index in [1.54, 1.807) is 0 Å². The quantitative estimate of drug-likeness (QED) is 0.624. The molecule has 1 aliphatic carbocycles. The van der Waals surface area contributed by atoms with Crippen LogP contribution in [-0.4, -0.2) is 29.3 Å². The summed E-state index contributed by atoms with van der Waals surface area (Å²) in [6.45, 7) is 7.11. The molecule has 0 saturated carbocycles. The van der Waals surface area contributed by atoms with Crippen molar-refractivity contribution in [2.75, 3.05) is 0 Å². The van der Waals surface area contributed by atoms with Gasteiger partial charge < -0.3 is 10.1 Å². The van der Waals surface area contributed by atoms with Crippen molar-refractivity contribution in [3.63, 3.8) is 0 Å². The number of hydrogen-bond acceptors (Lipinski definition) is 4. The molecular formula is C21H29NO4. The van der Waals surface area contributed by atoms with Gasteiger partial charge in [-0.15, -0.1) is 0 Å². The number of carbonyl (C=O) groups is 3. The highest BCUT2D eigenvalue weighted by Crippen LogP contribution is 2.23. The van der Waals surface area contributed by atoms with Crippen LogP contribution < -0.4 is 5.32 Å². The molecule has 0 aliphatic heterocycles. The predicted octanol–water partition coefficient (Wildman–Crippen LogP) is 3.37. The van der Waals surface area contributed by atoms with E-state index in [1.807, 2.05) is 39.0 Å². The summed E-state index contributed by atoms with van der Waals surface area (Å²) in [4.78, 5) is 36.2. The van der Waals surface area contributed by atoms with Gasteiger partial charge in [-0.25, -0.2) is 0 Å². The molecule has 5 heteroatoms. The number of aryl methyl sites for hydroxylation is 2. The van der Waals surface area contributed by atoms with Gasteiger partial charge in [-0.3, -0.25) is 14.4 Å². The van der Waals surface area contributed by atoms with Crippen LogP contribution in [0.15, 0.2) is 18.2 Å². The normalized spacial score (nSPS) is 14.9. The molecule has 2 rings (SSSR count). The van der Waals surface area contributed by atoms with Crippen LogP contribution in [0.2, 0.25) is 0 Å². The van der Waals surface area contributed by atoms with Gasteiger partial charge in [0.05, 0.1) is 6.42 Å². The predicted molar refractivity (Wildman–Crippen MR) is 100 cm³/mol. The minimum atomic E-state index is -0.874. The van der Waals surface area contributed by atoms with Crippen LogP contribution in [0.1, 0.15) is 74.9 Å². The molecule has 142 valence electrons. The van der Waals surface area contributed by atoms with E-state index < -0.39 is 12.1 Å². The van der Waals surface area contributed by atoms with Crippen molar-refractivity contribution in [1.29, 1.82) is 0 Å². The zero-order valence-corrected chi connectivity index (χ0v) is 16.2. The van der Waals surface area contributed by atoms with Gasteiger partial charge in [-0.2, -0.15) is 0 Å². The molecule has 1 N–H and O–H groups in total. The topological polar surface area (TPSA) is 72.5 Å². The fourth-order valence-corrected chi connectivity index (χ4v) is 3.05. The first-order valence-electron chi connectivity index (χ1n) is 9.32. The summed E-state index contributed by atoms with van der Waals surface area (Å²) in [5.41, 5.74) is 2.83. The SMILES string of the molecule is CC(OC(=O)CCC(=O)c1ccc2c(c1)CCCC2)C(=O)NC(C)(C)C. The van der Waals surface area contributed by atoms with Crippen LogP contribution >= 0.6 is 0 Å². The molecule has 5 nitrogen and oxygen atoms in total. The Bertz CT molecular complexity index is 688. The Morgan fingerprint density at radius 3 is 2.38 bits per heavy atom. The summed E-state index contributed by atoms with van der Waals surface area (Å²) in [7, 11) is 0. The van der Waals surface area contributed by atoms with Crippen molar-refractivity contribution in [2.45, 2.75) is 77.9 Å². The number of Topliss-reactive ketones (excluding diaryl/α,β-unsaturated/α-hetero) is 1. The van der Waals surface area contributed by atoms with E-state index >= 15 is 0 Å². The molecule has 1 aromatic carbocycles. The van der Waals surface area contributed by atoms with Gasteiger partial charge in [0, 0.05) is 17.5 Å². The fourth-order valence-electron chi connectivity index (χ4n) is 3.05. The summed E-state index contributed by atoms with van der Waals surface area (Å²) < 4.78 is 5.13. The number of esters is 1. The third-order valence-electron chi connectivity index (χ3n) is 4.40. The summed E-state index contributed by atoms with van der Waals surface area (Å²) >= 11 is 0. The molecule has 0 aromatic heterocycles. The monoisotopic (exact) mass is 359 g/mol. The van der Waals surface area contributed by atoms with Gasteiger partial charge in [-0.1, -0.05) is 12.1 Å². The molecule has 1 atom stereocenters. The van der Waals surface area contributed by atoms with Crippen LogP contribution in [0.5, 0.6) is 0 Å². The van der Waals surface area contributed by atoms with Crippen molar-refractivity contribution < 1.29 is 19.1 Å². The molecular weight excluding hydrogens is 330 g/mol. The Hall–Kier alpha value is -2.17. The van der Waals surface area contributed by atoms with Crippen LogP contribution in [-0.2, 0) is 27.2 Å². The number of fused-ring (bicyclic) bond motifs is 1. The van der Waals surface area contributed by atoms with Crippen molar-refractivity contribution in [3.05, 3.63) is 34.9 Å². The van der Waals surface area contributed by atoms with E-state index in [9.17, 15) is 14.4 Å². The van der Waals surface area contributed by atoms with Gasteiger partial charge >= 0.3 is 5.97 Å². The molecule has 1 amide bonds. The second kappa shape index (κ2) is 8.47. The lowest BCUT2D eigenvalue weighted by molar-refractivity contribution is -0.155. The Kier molecular flexibility index (Phi) is 6.57. The number of rotatable bonds is 6. The fraction of sp³-hybridized carbons (Fsp3) is 0.571. The van der Waals surface area contributed by atoms with Crippen molar-refractivity contribution >= 4 is 17.7 Å². The van der Waals surface area contributed by atoms with Crippen LogP contribution in [0, 0.1) is 0 Å². The maximum Gasteiger partial charge on any atom is 0.307 e. The van der Waals surface area contributed by atoms with E-state index in [-0.39, 0.29) is 30.1 Å². The van der Waals surface area contributed by atoms with Crippen LogP contribution in [0.25, 0.3) is 0 Å². The first-order valence-corrected chi connectivity index (χ1v) is 9.32. The van der Waals surface area contributed by atoms with Crippen LogP contribution in [0.3, 0.4) is 0 Å². The molecule has 1 aromatic rings. The Labute approximate surface area is 155 Å². The largest absolute Gasteiger partial charge is 0.453 e. The second-order valence-corrected chi connectivity index (χ2v) is 7.99. The minimum absolute atomic E-state index is 0.0247. The smallest absolute Gasteiger partial charge is 0.307 e. The number of hydrogen-bond donors (Lipinski definition) is 1. The van der Waals surface area contributed by atoms with Crippen LogP contribution in [0.4, 0.5) is 0 Å². The highest BCUT2D eigenvalue weighted by atomic mass is 16.5. The van der Waals surface area contributed by atoms with Gasteiger partial charge in [0.2, 0.25) is 0 Å². The first kappa shape index (κ1) is 20.1. The molecule has 1 unspecified atom stereocenters. The van der Waals surface area contributed by atoms with E-state index in [1.165, 1.54) is 24.5 Å². The molecule has 0 fully saturated rings. The maximum atomic E-state index is 12.4. The number of benzene rings is 1. The lowest BCUT2D eigenvalue weighted by Gasteiger charge is -2.23. The molecule has 1 aliphatic rings. The summed E-state index contributed by atoms with van der Waals surface area (Å²) in [6, 6.07) is 5.83. The maximum absolute atomic E-state index is 12.4. The second-order valence-electron chi connectivity index (χ2n) is 7.99. The number of nitrogens with one attached hydrogen (secondary N) is 1. The standard InChI is InChI=1S/C21H29NO4/c1-14(20(25)22-21(2,3)4)26-19(24)12-11-18(23)17-10-9-15-7-5-6-8-16(15)13-17/h9-10,13-14H,5-8,11-12H2,1-4H3,(H,22,25). The molecule has 0 saturated heterocycles. The summed E-state index contributed by atoms with van der Waals surface area (Å²) in [6.07, 6.45) is 3.64. The van der Waals surface area contributed by atoms with E-state index in [2.05, 4.69) is 5.32 Å². The summed E-state index contributed by atoms with van der Waals surface area (Å²) in [5, 5.41) is 2.76. The average Bonchev–Trinajstić information content (AvgIpc) is 2.57. The minimum Gasteiger partial charge on any atom is -0.453 e. The van der Waals surface area contributed by atoms with E-state index in [4.69, 9.17) is 4.74 Å². The first-order chi connectivity index (χ1) is 12.2. The van der Waals surface area contributed by atoms with Gasteiger partial charge in [-0.05, 0) is 70.6 Å². The van der Waals surface area contributed by atoms with E-state index in [0.717, 1.165) is 19.3 Å². The Morgan fingerprint density at radius 2 is 1.73 bits per heavy atom. The molecule has 0 bridgehead atoms. The third kappa shape index (κ3) is 5.97. The van der Waals surface area contributed by atoms with Gasteiger partial charge in [0.15, 0.2) is 11.9 Å². The zero-order valence-electron chi connectivity index (χ0n) is 16.2. The average molecular weight is 359 g/mol. The third-order valence-corrected chi connectivity index (χ3v) is 4.40. The number of carbonyl (C=O) groups excluding carboxylic acids is 3. The molecule has 26 heavy (non-hydrogen) atoms. The molecule has 0 heterocycles. The van der Waals surface area contributed by atoms with Gasteiger partial charge in [0.1, 0.15) is 0 Å². The summed E-state index contributed by atoms with van der Waals surface area (Å²) in [5.74, 6) is -0.943. The van der Waals surface area contributed by atoms with Crippen molar-refractivity contribution in [1.82, 2.24) is 5.32 Å². The Balaban J connectivity index is 1.83. The van der Waals surface area contributed by atoms with Crippen molar-refractivity contribution in [2.24, 2.45) is 0 Å². The molecule has 0 spiro atoms. The molecule has 0 radical (unpaired) electrons. The highest BCUT2D eigenvalue weighted by Gasteiger charge is 2.22. The van der Waals surface area contributed by atoms with E-state index in [0.29, 0.717) is 5.56 Å². The number of amides is 1. The Morgan fingerprint density at radius 1 is 1.08 bits per heavy atom. The lowest BCUT2D eigenvalue weighted by Crippen LogP contribution is -2.46. The van der Waals surface area contributed by atoms with Gasteiger partial charge in [0.25, 0.3) is 5.91 Å². The zero-order chi connectivity index (χ0) is 19.3. The van der Waals surface area contributed by atoms with Crippen molar-refractivity contribution in [3.8, 4) is 0 Å². The lowest BCUT2D eigenvalue weighted by atomic mass is 9.89. The number of ether oxygens (including phenoxy) is 1.